The van der Waals surface area contributed by atoms with Crippen molar-refractivity contribution in [3.8, 4) is 11.1 Å². The van der Waals surface area contributed by atoms with Gasteiger partial charge in [-0.05, 0) is 34.4 Å². The van der Waals surface area contributed by atoms with E-state index in [-0.39, 0.29) is 11.8 Å². The minimum absolute atomic E-state index is 0.130. The van der Waals surface area contributed by atoms with Crippen LogP contribution in [0.2, 0.25) is 0 Å². The molecule has 0 saturated carbocycles. The van der Waals surface area contributed by atoms with Gasteiger partial charge in [0.05, 0.1) is 6.54 Å². The Bertz CT molecular complexity index is 1560. The molecule has 5 nitrogen and oxygen atoms in total. The van der Waals surface area contributed by atoms with Crippen molar-refractivity contribution in [3.05, 3.63) is 132 Å². The molecular weight excluding hydrogens is 458 g/mol. The molecule has 1 aliphatic rings. The first-order valence-electron chi connectivity index (χ1n) is 12.5. The first kappa shape index (κ1) is 22.8. The number of nitrogens with zero attached hydrogens (tertiary/aromatic N) is 2. The Morgan fingerprint density at radius 3 is 2.16 bits per heavy atom. The van der Waals surface area contributed by atoms with Crippen LogP contribution in [0.3, 0.4) is 0 Å². The average molecular weight is 486 g/mol. The van der Waals surface area contributed by atoms with Crippen molar-refractivity contribution in [2.45, 2.75) is 25.7 Å². The normalized spacial score (nSPS) is 15.0. The average Bonchev–Trinajstić information content (AvgIpc) is 3.33. The number of para-hydroxylation sites is 1. The van der Waals surface area contributed by atoms with E-state index < -0.39 is 6.04 Å². The van der Waals surface area contributed by atoms with Gasteiger partial charge in [0.25, 0.3) is 5.91 Å². The number of aromatic nitrogens is 1. The third-order valence-electron chi connectivity index (χ3n) is 7.05. The SMILES string of the molecule is O=C(NCc1ccccc1)[C@@H]1Cn2c(cc3ccccc32)C(=O)N1Cc1ccc(-c2ccccc2)cc1. The van der Waals surface area contributed by atoms with E-state index >= 15 is 0 Å². The lowest BCUT2D eigenvalue weighted by molar-refractivity contribution is -0.126. The number of rotatable bonds is 6. The minimum atomic E-state index is -0.617. The Morgan fingerprint density at radius 1 is 0.757 bits per heavy atom. The smallest absolute Gasteiger partial charge is 0.271 e. The van der Waals surface area contributed by atoms with E-state index in [4.69, 9.17) is 0 Å². The summed E-state index contributed by atoms with van der Waals surface area (Å²) in [6.07, 6.45) is 0. The molecule has 182 valence electrons. The molecule has 5 heteroatoms. The molecule has 1 aromatic heterocycles. The number of hydrogen-bond acceptors (Lipinski definition) is 2. The molecule has 1 aliphatic heterocycles. The zero-order valence-electron chi connectivity index (χ0n) is 20.4. The standard InChI is InChI=1S/C32H27N3O2/c36-31(33-20-23-9-3-1-4-10-23)30-22-34-28-14-8-7-13-27(28)19-29(34)32(37)35(30)21-24-15-17-26(18-16-24)25-11-5-2-6-12-25/h1-19,30H,20-22H2,(H,33,36)/t30-/m0/s1. The zero-order chi connectivity index (χ0) is 25.2. The molecule has 6 rings (SSSR count). The van der Waals surface area contributed by atoms with Gasteiger partial charge in [-0.3, -0.25) is 9.59 Å². The molecule has 0 fully saturated rings. The third-order valence-corrected chi connectivity index (χ3v) is 7.05. The van der Waals surface area contributed by atoms with E-state index in [1.807, 2.05) is 95.6 Å². The van der Waals surface area contributed by atoms with Gasteiger partial charge in [0.2, 0.25) is 5.91 Å². The first-order chi connectivity index (χ1) is 18.2. The largest absolute Gasteiger partial charge is 0.350 e. The summed E-state index contributed by atoms with van der Waals surface area (Å²) in [5.74, 6) is -0.281. The highest BCUT2D eigenvalue weighted by molar-refractivity contribution is 6.02. The van der Waals surface area contributed by atoms with Crippen molar-refractivity contribution in [2.24, 2.45) is 0 Å². The van der Waals surface area contributed by atoms with E-state index in [9.17, 15) is 9.59 Å². The van der Waals surface area contributed by atoms with Gasteiger partial charge in [-0.25, -0.2) is 0 Å². The van der Waals surface area contributed by atoms with Gasteiger partial charge in [0.1, 0.15) is 11.7 Å². The lowest BCUT2D eigenvalue weighted by Gasteiger charge is -2.36. The number of nitrogens with one attached hydrogen (secondary N) is 1. The van der Waals surface area contributed by atoms with E-state index in [2.05, 4.69) is 29.6 Å². The fourth-order valence-corrected chi connectivity index (χ4v) is 5.08. The second-order valence-electron chi connectivity index (χ2n) is 9.41. The van der Waals surface area contributed by atoms with Gasteiger partial charge in [0.15, 0.2) is 0 Å². The molecule has 0 aliphatic carbocycles. The predicted octanol–water partition coefficient (Wildman–Crippen LogP) is 5.65. The van der Waals surface area contributed by atoms with Gasteiger partial charge >= 0.3 is 0 Å². The number of fused-ring (bicyclic) bond motifs is 3. The highest BCUT2D eigenvalue weighted by atomic mass is 16.2. The molecule has 2 heterocycles. The van der Waals surface area contributed by atoms with E-state index in [1.54, 1.807) is 4.90 Å². The molecule has 0 radical (unpaired) electrons. The number of carbonyl (C=O) groups is 2. The van der Waals surface area contributed by atoms with Crippen LogP contribution in [0, 0.1) is 0 Å². The lowest BCUT2D eigenvalue weighted by Crippen LogP contribution is -2.54. The van der Waals surface area contributed by atoms with Gasteiger partial charge in [0, 0.05) is 24.0 Å². The highest BCUT2D eigenvalue weighted by Gasteiger charge is 2.37. The quantitative estimate of drug-likeness (QED) is 0.338. The summed E-state index contributed by atoms with van der Waals surface area (Å²) in [4.78, 5) is 29.0. The summed E-state index contributed by atoms with van der Waals surface area (Å²) in [5, 5.41) is 4.06. The Balaban J connectivity index is 1.30. The van der Waals surface area contributed by atoms with E-state index in [1.165, 1.54) is 0 Å². The topological polar surface area (TPSA) is 54.3 Å². The maximum absolute atomic E-state index is 13.8. The maximum atomic E-state index is 13.8. The third kappa shape index (κ3) is 4.52. The summed E-state index contributed by atoms with van der Waals surface area (Å²) < 4.78 is 1.99. The van der Waals surface area contributed by atoms with Crippen molar-refractivity contribution >= 4 is 22.7 Å². The molecule has 0 unspecified atom stereocenters. The summed E-state index contributed by atoms with van der Waals surface area (Å²) in [6.45, 7) is 1.19. The van der Waals surface area contributed by atoms with Crippen LogP contribution in [0.25, 0.3) is 22.0 Å². The van der Waals surface area contributed by atoms with Gasteiger partial charge in [-0.15, -0.1) is 0 Å². The highest BCUT2D eigenvalue weighted by Crippen LogP contribution is 2.28. The fraction of sp³-hybridized carbons (Fsp3) is 0.125. The molecule has 1 atom stereocenters. The first-order valence-corrected chi connectivity index (χ1v) is 12.5. The van der Waals surface area contributed by atoms with Crippen LogP contribution in [-0.4, -0.2) is 27.3 Å². The van der Waals surface area contributed by atoms with Gasteiger partial charge in [-0.1, -0.05) is 103 Å². The van der Waals surface area contributed by atoms with Crippen LogP contribution < -0.4 is 5.32 Å². The van der Waals surface area contributed by atoms with Crippen LogP contribution in [-0.2, 0) is 24.4 Å². The number of benzene rings is 4. The Morgan fingerprint density at radius 2 is 1.41 bits per heavy atom. The Labute approximate surface area is 216 Å². The van der Waals surface area contributed by atoms with Crippen molar-refractivity contribution in [3.63, 3.8) is 0 Å². The summed E-state index contributed by atoms with van der Waals surface area (Å²) in [6, 6.07) is 37.5. The van der Waals surface area contributed by atoms with E-state index in [0.29, 0.717) is 25.3 Å². The molecule has 37 heavy (non-hydrogen) atoms. The van der Waals surface area contributed by atoms with Gasteiger partial charge < -0.3 is 14.8 Å². The van der Waals surface area contributed by atoms with Crippen LogP contribution in [0.15, 0.2) is 115 Å². The molecular formula is C32H27N3O2. The van der Waals surface area contributed by atoms with E-state index in [0.717, 1.165) is 33.2 Å². The van der Waals surface area contributed by atoms with Crippen LogP contribution in [0.4, 0.5) is 0 Å². The number of hydrogen-bond donors (Lipinski definition) is 1. The molecule has 0 saturated heterocycles. The molecule has 0 spiro atoms. The maximum Gasteiger partial charge on any atom is 0.271 e. The number of carbonyl (C=O) groups excluding carboxylic acids is 2. The monoisotopic (exact) mass is 485 g/mol. The Hall–Kier alpha value is -4.64. The zero-order valence-corrected chi connectivity index (χ0v) is 20.4. The summed E-state index contributed by atoms with van der Waals surface area (Å²) in [7, 11) is 0. The van der Waals surface area contributed by atoms with Crippen LogP contribution in [0.5, 0.6) is 0 Å². The molecule has 1 N–H and O–H groups in total. The predicted molar refractivity (Wildman–Crippen MR) is 146 cm³/mol. The summed E-state index contributed by atoms with van der Waals surface area (Å²) >= 11 is 0. The molecule has 4 aromatic carbocycles. The second kappa shape index (κ2) is 9.78. The molecule has 0 bridgehead atoms. The van der Waals surface area contributed by atoms with Crippen molar-refractivity contribution < 1.29 is 9.59 Å². The second-order valence-corrected chi connectivity index (χ2v) is 9.41. The van der Waals surface area contributed by atoms with Crippen molar-refractivity contribution in [1.82, 2.24) is 14.8 Å². The van der Waals surface area contributed by atoms with Crippen LogP contribution >= 0.6 is 0 Å². The molecule has 2 amide bonds. The summed E-state index contributed by atoms with van der Waals surface area (Å²) in [5.41, 5.74) is 5.86. The lowest BCUT2D eigenvalue weighted by atomic mass is 10.0. The van der Waals surface area contributed by atoms with Crippen molar-refractivity contribution in [2.75, 3.05) is 0 Å². The van der Waals surface area contributed by atoms with Gasteiger partial charge in [-0.2, -0.15) is 0 Å². The van der Waals surface area contributed by atoms with Crippen LogP contribution in [0.1, 0.15) is 21.6 Å². The molecule has 5 aromatic rings. The minimum Gasteiger partial charge on any atom is -0.350 e. The number of amides is 2. The van der Waals surface area contributed by atoms with Crippen molar-refractivity contribution in [1.29, 1.82) is 0 Å². The fourth-order valence-electron chi connectivity index (χ4n) is 5.08. The Kier molecular flexibility index (Phi) is 6.03.